The number of rotatable bonds is 47. The van der Waals surface area contributed by atoms with Crippen LogP contribution in [0.15, 0.2) is 0 Å². The Kier molecular flexibility index (Phi) is 43.2. The van der Waals surface area contributed by atoms with E-state index in [1.54, 1.807) is 0 Å². The zero-order valence-corrected chi connectivity index (χ0v) is 38.8. The normalized spacial score (nSPS) is 15.5. The molecule has 0 rings (SSSR count). The van der Waals surface area contributed by atoms with Crippen LogP contribution in [-0.2, 0) is 14.3 Å². The Labute approximate surface area is 363 Å². The molecule has 0 aromatic carbocycles. The zero-order valence-electron chi connectivity index (χ0n) is 38.8. The molecule has 10 nitrogen and oxygen atoms in total. The smallest absolute Gasteiger partial charge is 0.220 e. The number of amides is 1. The third-order valence-corrected chi connectivity index (χ3v) is 12.0. The number of nitrogens with one attached hydrogen (secondary N) is 1. The standard InChI is InChI=1S/C49H99NO9/c1-4-6-8-10-12-14-16-18-19-20-21-22-23-24-25-26-28-30-32-34-36-38-47(56)50-43(41-58-49(42(3)53)59-46(40-52)45(55)39-51)48(57)44(54)37-35-33-31-29-27-17-15-13-11-9-7-5-2/h42-46,48-49,51-55,57H,4-41H2,1-3H3,(H,50,56)/t42?,43-,44+,45?,46?,48-,49?/m0/s1. The third-order valence-electron chi connectivity index (χ3n) is 12.0. The number of hydrogen-bond donors (Lipinski definition) is 7. The van der Waals surface area contributed by atoms with Crippen LogP contribution in [0.2, 0.25) is 0 Å². The topological polar surface area (TPSA) is 169 Å². The summed E-state index contributed by atoms with van der Waals surface area (Å²) in [6, 6.07) is -0.968. The van der Waals surface area contributed by atoms with Gasteiger partial charge in [0.15, 0.2) is 6.29 Å². The van der Waals surface area contributed by atoms with Crippen LogP contribution in [0.5, 0.6) is 0 Å². The monoisotopic (exact) mass is 846 g/mol. The second-order valence-electron chi connectivity index (χ2n) is 17.8. The number of aliphatic hydroxyl groups is 6. The third kappa shape index (κ3) is 36.4. The molecule has 0 aromatic heterocycles. The molecule has 0 saturated heterocycles. The zero-order chi connectivity index (χ0) is 43.6. The van der Waals surface area contributed by atoms with Crippen molar-refractivity contribution in [2.24, 2.45) is 0 Å². The van der Waals surface area contributed by atoms with Crippen molar-refractivity contribution in [3.63, 3.8) is 0 Å². The van der Waals surface area contributed by atoms with Gasteiger partial charge in [-0.05, 0) is 19.8 Å². The van der Waals surface area contributed by atoms with Crippen LogP contribution < -0.4 is 5.32 Å². The molecule has 354 valence electrons. The van der Waals surface area contributed by atoms with E-state index in [9.17, 15) is 35.4 Å². The molecule has 0 radical (unpaired) electrons. The first-order valence-corrected chi connectivity index (χ1v) is 25.2. The van der Waals surface area contributed by atoms with Gasteiger partial charge in [-0.25, -0.2) is 0 Å². The van der Waals surface area contributed by atoms with Crippen molar-refractivity contribution in [3.05, 3.63) is 0 Å². The second-order valence-corrected chi connectivity index (χ2v) is 17.8. The average molecular weight is 846 g/mol. The Balaban J connectivity index is 4.50. The number of aliphatic hydroxyl groups excluding tert-OH is 6. The molecule has 10 heteroatoms. The van der Waals surface area contributed by atoms with Crippen molar-refractivity contribution < 1.29 is 44.9 Å². The average Bonchev–Trinajstić information content (AvgIpc) is 3.23. The molecule has 1 amide bonds. The number of unbranched alkanes of at least 4 members (excludes halogenated alkanes) is 31. The fraction of sp³-hybridized carbons (Fsp3) is 0.980. The molecule has 0 spiro atoms. The van der Waals surface area contributed by atoms with E-state index >= 15 is 0 Å². The quantitative estimate of drug-likeness (QED) is 0.0233. The van der Waals surface area contributed by atoms with Crippen molar-refractivity contribution in [1.29, 1.82) is 0 Å². The number of ether oxygens (including phenoxy) is 2. The van der Waals surface area contributed by atoms with Gasteiger partial charge in [-0.2, -0.15) is 0 Å². The maximum atomic E-state index is 13.1. The van der Waals surface area contributed by atoms with E-state index in [0.717, 1.165) is 38.5 Å². The fourth-order valence-corrected chi connectivity index (χ4v) is 7.89. The Morgan fingerprint density at radius 3 is 1.19 bits per heavy atom. The summed E-state index contributed by atoms with van der Waals surface area (Å²) in [7, 11) is 0. The molecule has 0 saturated carbocycles. The van der Waals surface area contributed by atoms with Gasteiger partial charge in [-0.1, -0.05) is 219 Å². The van der Waals surface area contributed by atoms with E-state index in [1.807, 2.05) is 0 Å². The maximum Gasteiger partial charge on any atom is 0.220 e. The Hall–Kier alpha value is -0.850. The summed E-state index contributed by atoms with van der Waals surface area (Å²) in [6.07, 6.45) is 34.8. The van der Waals surface area contributed by atoms with Crippen LogP contribution >= 0.6 is 0 Å². The van der Waals surface area contributed by atoms with Crippen LogP contribution in [-0.4, -0.2) is 99.2 Å². The first-order valence-electron chi connectivity index (χ1n) is 25.2. The molecule has 4 unspecified atom stereocenters. The van der Waals surface area contributed by atoms with E-state index in [1.165, 1.54) is 180 Å². The van der Waals surface area contributed by atoms with Crippen LogP contribution in [0.25, 0.3) is 0 Å². The molecule has 0 bridgehead atoms. The Morgan fingerprint density at radius 2 is 0.847 bits per heavy atom. The fourth-order valence-electron chi connectivity index (χ4n) is 7.89. The molecule has 7 N–H and O–H groups in total. The van der Waals surface area contributed by atoms with E-state index in [4.69, 9.17) is 9.47 Å². The molecule has 0 aliphatic heterocycles. The molecule has 0 fully saturated rings. The highest BCUT2D eigenvalue weighted by atomic mass is 16.7. The van der Waals surface area contributed by atoms with Crippen LogP contribution in [0.1, 0.15) is 245 Å². The molecule has 7 atom stereocenters. The lowest BCUT2D eigenvalue weighted by Crippen LogP contribution is -2.52. The lowest BCUT2D eigenvalue weighted by Gasteiger charge is -2.32. The van der Waals surface area contributed by atoms with Gasteiger partial charge in [0.1, 0.15) is 24.4 Å². The van der Waals surface area contributed by atoms with E-state index in [0.29, 0.717) is 12.8 Å². The number of carbonyl (C=O) groups excluding carboxylic acids is 1. The number of hydrogen-bond acceptors (Lipinski definition) is 9. The minimum atomic E-state index is -1.39. The predicted molar refractivity (Wildman–Crippen MR) is 243 cm³/mol. The summed E-state index contributed by atoms with van der Waals surface area (Å²) in [5.41, 5.74) is 0. The van der Waals surface area contributed by atoms with Crippen molar-refractivity contribution in [3.8, 4) is 0 Å². The maximum absolute atomic E-state index is 13.1. The van der Waals surface area contributed by atoms with E-state index in [-0.39, 0.29) is 12.5 Å². The molecule has 0 aliphatic carbocycles. The largest absolute Gasteiger partial charge is 0.394 e. The summed E-state index contributed by atoms with van der Waals surface area (Å²) >= 11 is 0. The van der Waals surface area contributed by atoms with Gasteiger partial charge in [0.25, 0.3) is 0 Å². The van der Waals surface area contributed by atoms with Gasteiger partial charge < -0.3 is 45.4 Å². The summed E-state index contributed by atoms with van der Waals surface area (Å²) in [5, 5.41) is 64.2. The van der Waals surface area contributed by atoms with Crippen molar-refractivity contribution in [1.82, 2.24) is 5.32 Å². The first-order chi connectivity index (χ1) is 28.7. The van der Waals surface area contributed by atoms with Crippen molar-refractivity contribution in [2.75, 3.05) is 19.8 Å². The molecule has 0 heterocycles. The minimum Gasteiger partial charge on any atom is -0.394 e. The summed E-state index contributed by atoms with van der Waals surface area (Å²) in [5.74, 6) is -0.244. The summed E-state index contributed by atoms with van der Waals surface area (Å²) in [6.45, 7) is 4.39. The van der Waals surface area contributed by atoms with Gasteiger partial charge in [0, 0.05) is 6.42 Å². The minimum absolute atomic E-state index is 0.244. The van der Waals surface area contributed by atoms with Gasteiger partial charge in [-0.3, -0.25) is 4.79 Å². The van der Waals surface area contributed by atoms with Crippen LogP contribution in [0, 0.1) is 0 Å². The van der Waals surface area contributed by atoms with Crippen LogP contribution in [0.3, 0.4) is 0 Å². The molecule has 59 heavy (non-hydrogen) atoms. The van der Waals surface area contributed by atoms with Gasteiger partial charge >= 0.3 is 0 Å². The SMILES string of the molecule is CCCCCCCCCCCCCCCCCCCCCCCC(=O)N[C@@H](COC(OC(CO)C(O)CO)C(C)O)[C@H](O)[C@H](O)CCCCCCCCCCCCCC. The van der Waals surface area contributed by atoms with Gasteiger partial charge in [0.2, 0.25) is 5.91 Å². The highest BCUT2D eigenvalue weighted by molar-refractivity contribution is 5.76. The van der Waals surface area contributed by atoms with Gasteiger partial charge in [0.05, 0.1) is 32.0 Å². The lowest BCUT2D eigenvalue weighted by atomic mass is 9.99. The summed E-state index contributed by atoms with van der Waals surface area (Å²) in [4.78, 5) is 13.1. The Bertz CT molecular complexity index is 865. The first kappa shape index (κ1) is 58.1. The highest BCUT2D eigenvalue weighted by Crippen LogP contribution is 2.18. The van der Waals surface area contributed by atoms with Gasteiger partial charge in [-0.15, -0.1) is 0 Å². The molecular weight excluding hydrogens is 747 g/mol. The molecule has 0 aromatic rings. The molecular formula is C49H99NO9. The number of carbonyl (C=O) groups is 1. The molecule has 0 aliphatic rings. The lowest BCUT2D eigenvalue weighted by molar-refractivity contribution is -0.240. The predicted octanol–water partition coefficient (Wildman–Crippen LogP) is 10.3. The van der Waals surface area contributed by atoms with E-state index < -0.39 is 56.1 Å². The Morgan fingerprint density at radius 1 is 0.492 bits per heavy atom. The highest BCUT2D eigenvalue weighted by Gasteiger charge is 2.31. The van der Waals surface area contributed by atoms with Crippen LogP contribution in [0.4, 0.5) is 0 Å². The van der Waals surface area contributed by atoms with E-state index in [2.05, 4.69) is 19.2 Å². The van der Waals surface area contributed by atoms with Crippen molar-refractivity contribution >= 4 is 5.91 Å². The van der Waals surface area contributed by atoms with Crippen molar-refractivity contribution in [2.45, 2.75) is 288 Å². The second kappa shape index (κ2) is 43.8. The summed E-state index contributed by atoms with van der Waals surface area (Å²) < 4.78 is 11.3.